The standard InChI is InChI=1S/C14H13BrN2O2/c1-19-13-4-2-10(3-5-13)7-17-14(18)11-6-12(15)9-16-8-11/h2-6,8-9H,7H2,1H3,(H,17,18). The van der Waals surface area contributed by atoms with Gasteiger partial charge >= 0.3 is 0 Å². The van der Waals surface area contributed by atoms with Crippen LogP contribution in [0.1, 0.15) is 15.9 Å². The van der Waals surface area contributed by atoms with Gasteiger partial charge in [-0.3, -0.25) is 9.78 Å². The van der Waals surface area contributed by atoms with Gasteiger partial charge in [-0.2, -0.15) is 0 Å². The summed E-state index contributed by atoms with van der Waals surface area (Å²) >= 11 is 3.29. The molecule has 1 aromatic heterocycles. The summed E-state index contributed by atoms with van der Waals surface area (Å²) in [5.41, 5.74) is 1.54. The van der Waals surface area contributed by atoms with Crippen LogP contribution in [0.2, 0.25) is 0 Å². The molecular weight excluding hydrogens is 308 g/mol. The van der Waals surface area contributed by atoms with Crippen molar-refractivity contribution in [3.05, 3.63) is 58.3 Å². The normalized spacial score (nSPS) is 10.0. The fraction of sp³-hybridized carbons (Fsp3) is 0.143. The second-order valence-corrected chi connectivity index (χ2v) is 4.84. The van der Waals surface area contributed by atoms with Gasteiger partial charge in [-0.1, -0.05) is 12.1 Å². The van der Waals surface area contributed by atoms with Crippen LogP contribution in [0, 0.1) is 0 Å². The van der Waals surface area contributed by atoms with E-state index in [1.54, 1.807) is 19.4 Å². The number of pyridine rings is 1. The highest BCUT2D eigenvalue weighted by atomic mass is 79.9. The average Bonchev–Trinajstić information content (AvgIpc) is 2.45. The summed E-state index contributed by atoms with van der Waals surface area (Å²) in [6, 6.07) is 9.29. The molecule has 0 unspecified atom stereocenters. The molecule has 19 heavy (non-hydrogen) atoms. The Morgan fingerprint density at radius 1 is 1.32 bits per heavy atom. The molecular formula is C14H13BrN2O2. The highest BCUT2D eigenvalue weighted by Crippen LogP contribution is 2.12. The van der Waals surface area contributed by atoms with E-state index in [-0.39, 0.29) is 5.91 Å². The zero-order chi connectivity index (χ0) is 13.7. The van der Waals surface area contributed by atoms with Crippen molar-refractivity contribution in [3.8, 4) is 5.75 Å². The molecule has 2 rings (SSSR count). The van der Waals surface area contributed by atoms with Crippen LogP contribution in [-0.2, 0) is 6.54 Å². The molecule has 0 radical (unpaired) electrons. The molecule has 5 heteroatoms. The Kier molecular flexibility index (Phi) is 4.52. The summed E-state index contributed by atoms with van der Waals surface area (Å²) in [7, 11) is 1.62. The lowest BCUT2D eigenvalue weighted by Crippen LogP contribution is -2.22. The summed E-state index contributed by atoms with van der Waals surface area (Å²) in [5, 5.41) is 2.84. The lowest BCUT2D eigenvalue weighted by atomic mass is 10.2. The quantitative estimate of drug-likeness (QED) is 0.942. The van der Waals surface area contributed by atoms with Crippen LogP contribution >= 0.6 is 15.9 Å². The predicted octanol–water partition coefficient (Wildman–Crippen LogP) is 2.78. The first kappa shape index (κ1) is 13.5. The Balaban J connectivity index is 1.96. The molecule has 1 amide bonds. The molecule has 1 N–H and O–H groups in total. The molecule has 98 valence electrons. The highest BCUT2D eigenvalue weighted by Gasteiger charge is 2.06. The van der Waals surface area contributed by atoms with Crippen LogP contribution in [0.5, 0.6) is 5.75 Å². The third-order valence-electron chi connectivity index (χ3n) is 2.58. The minimum absolute atomic E-state index is 0.149. The Hall–Kier alpha value is -1.88. The molecule has 1 heterocycles. The number of ether oxygens (including phenoxy) is 1. The molecule has 0 aliphatic rings. The van der Waals surface area contributed by atoms with Gasteiger partial charge in [0.2, 0.25) is 0 Å². The maximum atomic E-state index is 11.9. The van der Waals surface area contributed by atoms with E-state index in [9.17, 15) is 4.79 Å². The molecule has 0 spiro atoms. The van der Waals surface area contributed by atoms with Crippen LogP contribution < -0.4 is 10.1 Å². The van der Waals surface area contributed by atoms with Gasteiger partial charge in [0, 0.05) is 23.4 Å². The number of benzene rings is 1. The smallest absolute Gasteiger partial charge is 0.253 e. The van der Waals surface area contributed by atoms with E-state index in [2.05, 4.69) is 26.2 Å². The van der Waals surface area contributed by atoms with E-state index in [0.717, 1.165) is 15.8 Å². The van der Waals surface area contributed by atoms with Gasteiger partial charge in [-0.05, 0) is 39.7 Å². The van der Waals surface area contributed by atoms with E-state index < -0.39 is 0 Å². The van der Waals surface area contributed by atoms with Crippen molar-refractivity contribution in [3.63, 3.8) is 0 Å². The van der Waals surface area contributed by atoms with Crippen LogP contribution in [0.4, 0.5) is 0 Å². The topological polar surface area (TPSA) is 51.2 Å². The molecule has 0 aliphatic heterocycles. The number of carbonyl (C=O) groups is 1. The number of nitrogens with zero attached hydrogens (tertiary/aromatic N) is 1. The number of methoxy groups -OCH3 is 1. The van der Waals surface area contributed by atoms with Crippen LogP contribution in [-0.4, -0.2) is 18.0 Å². The van der Waals surface area contributed by atoms with Crippen molar-refractivity contribution in [2.24, 2.45) is 0 Å². The molecule has 0 aliphatic carbocycles. The number of rotatable bonds is 4. The number of hydrogen-bond donors (Lipinski definition) is 1. The molecule has 0 bridgehead atoms. The summed E-state index contributed by atoms with van der Waals surface area (Å²) in [4.78, 5) is 15.9. The van der Waals surface area contributed by atoms with Gasteiger partial charge in [-0.15, -0.1) is 0 Å². The molecule has 0 atom stereocenters. The van der Waals surface area contributed by atoms with Crippen LogP contribution in [0.25, 0.3) is 0 Å². The van der Waals surface area contributed by atoms with Crippen molar-refractivity contribution >= 4 is 21.8 Å². The fourth-order valence-corrected chi connectivity index (χ4v) is 1.93. The first-order chi connectivity index (χ1) is 9.19. The Bertz CT molecular complexity index is 570. The third kappa shape index (κ3) is 3.79. The second-order valence-electron chi connectivity index (χ2n) is 3.92. The third-order valence-corrected chi connectivity index (χ3v) is 3.01. The molecule has 1 aromatic carbocycles. The molecule has 4 nitrogen and oxygen atoms in total. The summed E-state index contributed by atoms with van der Waals surface area (Å²) < 4.78 is 5.86. The molecule has 0 saturated heterocycles. The zero-order valence-electron chi connectivity index (χ0n) is 10.4. The molecule has 0 fully saturated rings. The molecule has 2 aromatic rings. The largest absolute Gasteiger partial charge is 0.497 e. The van der Waals surface area contributed by atoms with Crippen LogP contribution in [0.3, 0.4) is 0 Å². The van der Waals surface area contributed by atoms with Gasteiger partial charge in [0.25, 0.3) is 5.91 Å². The van der Waals surface area contributed by atoms with E-state index in [1.165, 1.54) is 6.20 Å². The number of aromatic nitrogens is 1. The van der Waals surface area contributed by atoms with Gasteiger partial charge in [0.05, 0.1) is 12.7 Å². The zero-order valence-corrected chi connectivity index (χ0v) is 12.0. The van der Waals surface area contributed by atoms with Crippen molar-refractivity contribution in [2.45, 2.75) is 6.54 Å². The van der Waals surface area contributed by atoms with Crippen molar-refractivity contribution in [1.82, 2.24) is 10.3 Å². The SMILES string of the molecule is COc1ccc(CNC(=O)c2cncc(Br)c2)cc1. The highest BCUT2D eigenvalue weighted by molar-refractivity contribution is 9.10. The fourth-order valence-electron chi connectivity index (χ4n) is 1.56. The van der Waals surface area contributed by atoms with E-state index in [4.69, 9.17) is 4.74 Å². The van der Waals surface area contributed by atoms with Gasteiger partial charge in [0.1, 0.15) is 5.75 Å². The van der Waals surface area contributed by atoms with Crippen LogP contribution in [0.15, 0.2) is 47.2 Å². The summed E-state index contributed by atoms with van der Waals surface area (Å²) in [5.74, 6) is 0.649. The Morgan fingerprint density at radius 2 is 2.05 bits per heavy atom. The minimum Gasteiger partial charge on any atom is -0.497 e. The second kappa shape index (κ2) is 6.33. The van der Waals surface area contributed by atoms with Crippen molar-refractivity contribution in [1.29, 1.82) is 0 Å². The number of amides is 1. The number of nitrogens with one attached hydrogen (secondary N) is 1. The number of carbonyl (C=O) groups excluding carboxylic acids is 1. The van der Waals surface area contributed by atoms with E-state index in [0.29, 0.717) is 12.1 Å². The Labute approximate surface area is 119 Å². The molecule has 0 saturated carbocycles. The minimum atomic E-state index is -0.149. The van der Waals surface area contributed by atoms with E-state index >= 15 is 0 Å². The maximum Gasteiger partial charge on any atom is 0.253 e. The Morgan fingerprint density at radius 3 is 2.68 bits per heavy atom. The van der Waals surface area contributed by atoms with E-state index in [1.807, 2.05) is 24.3 Å². The van der Waals surface area contributed by atoms with Gasteiger partial charge in [-0.25, -0.2) is 0 Å². The summed E-state index contributed by atoms with van der Waals surface area (Å²) in [6.45, 7) is 0.468. The average molecular weight is 321 g/mol. The number of hydrogen-bond acceptors (Lipinski definition) is 3. The monoisotopic (exact) mass is 320 g/mol. The summed E-state index contributed by atoms with van der Waals surface area (Å²) in [6.07, 6.45) is 3.17. The van der Waals surface area contributed by atoms with Crippen molar-refractivity contribution in [2.75, 3.05) is 7.11 Å². The van der Waals surface area contributed by atoms with Crippen molar-refractivity contribution < 1.29 is 9.53 Å². The lowest BCUT2D eigenvalue weighted by molar-refractivity contribution is 0.0950. The predicted molar refractivity (Wildman–Crippen MR) is 76.1 cm³/mol. The maximum absolute atomic E-state index is 11.9. The van der Waals surface area contributed by atoms with Gasteiger partial charge < -0.3 is 10.1 Å². The first-order valence-electron chi connectivity index (χ1n) is 5.71. The number of halogens is 1. The van der Waals surface area contributed by atoms with Gasteiger partial charge in [0.15, 0.2) is 0 Å². The first-order valence-corrected chi connectivity index (χ1v) is 6.50. The lowest BCUT2D eigenvalue weighted by Gasteiger charge is -2.06.